The summed E-state index contributed by atoms with van der Waals surface area (Å²) in [7, 11) is -2.49. The number of carbonyl (C=O) groups is 6. The number of nitrogens with zero attached hydrogens (tertiary/aromatic N) is 2. The van der Waals surface area contributed by atoms with E-state index in [0.29, 0.717) is 87.2 Å². The van der Waals surface area contributed by atoms with Crippen molar-refractivity contribution < 1.29 is 65.3 Å². The fourth-order valence-electron chi connectivity index (χ4n) is 8.85. The van der Waals surface area contributed by atoms with Crippen LogP contribution in [0.15, 0.2) is 84.0 Å². The molecule has 17 nitrogen and oxygen atoms in total. The lowest BCUT2D eigenvalue weighted by molar-refractivity contribution is -0.940. The molecule has 0 aromatic heterocycles. The van der Waals surface area contributed by atoms with Gasteiger partial charge in [0.25, 0.3) is 0 Å². The predicted molar refractivity (Wildman–Crippen MR) is 271 cm³/mol. The van der Waals surface area contributed by atoms with E-state index < -0.39 is 51.5 Å². The predicted octanol–water partition coefficient (Wildman–Crippen LogP) is 5.55. The van der Waals surface area contributed by atoms with Crippen molar-refractivity contribution in [1.29, 1.82) is 0 Å². The lowest BCUT2D eigenvalue weighted by Gasteiger charge is -2.41. The molecule has 394 valence electrons. The Labute approximate surface area is 425 Å². The molecule has 3 aromatic rings. The normalized spacial score (nSPS) is 17.9. The number of hydrogen-bond acceptors (Lipinski definition) is 14. The molecule has 5 atom stereocenters. The Morgan fingerprint density at radius 3 is 1.93 bits per heavy atom. The highest BCUT2D eigenvalue weighted by molar-refractivity contribution is 7.84. The quantitative estimate of drug-likeness (QED) is 0.0182. The number of hydrogen-bond donors (Lipinski definition) is 2. The standard InChI is InChI=1S/C53H70N4O10.CH4O3S/c1-36(2)26-46(48(60)31-43(28-40-16-12-9-13-17-40)52(63)56-47(27-37(3)4)50(61)53(6)35-66-53)55-51(62)42(20-18-39-14-10-8-11-15-39)30-45(59)34-57(22-24-65-25-23-57)33-41-19-21-49(67-38(5)58)44(29-41)32-54-64-7;1-5(2,3)4/h8-17,19,21,29,32,36-37,42-43,46-47H,18,20,22-28,30-31,33-35H2,1-7H3,(H-,55,56,62,63);1H3,(H,2,3,4)/b54-32+;/t42-,43-,46+,47+,53-;/m1./s1. The molecule has 0 unspecified atom stereocenters. The minimum absolute atomic E-state index is 0.0161. The number of ketones is 3. The number of nitrogens with one attached hydrogen (secondary N) is 2. The molecule has 2 heterocycles. The van der Waals surface area contributed by atoms with Gasteiger partial charge in [-0.2, -0.15) is 0 Å². The van der Waals surface area contributed by atoms with Crippen LogP contribution in [0, 0.1) is 23.7 Å². The highest BCUT2D eigenvalue weighted by atomic mass is 32.2. The smallest absolute Gasteiger partial charge is 0.308 e. The number of carbonyl (C=O) groups excluding carboxylic acids is 6. The van der Waals surface area contributed by atoms with Crippen molar-refractivity contribution in [2.45, 2.75) is 111 Å². The number of esters is 1. The molecule has 0 bridgehead atoms. The summed E-state index contributed by atoms with van der Waals surface area (Å²) in [4.78, 5) is 88.0. The second-order valence-corrected chi connectivity index (χ2v) is 21.5. The fourth-order valence-corrected chi connectivity index (χ4v) is 8.85. The minimum atomic E-state index is -3.92. The molecule has 0 aliphatic carbocycles. The average molecular weight is 1020 g/mol. The molecule has 2 saturated heterocycles. The summed E-state index contributed by atoms with van der Waals surface area (Å²) in [5.41, 5.74) is 2.39. The van der Waals surface area contributed by atoms with Gasteiger partial charge < -0.3 is 38.7 Å². The molecule has 3 aromatic carbocycles. The zero-order valence-corrected chi connectivity index (χ0v) is 43.9. The summed E-state index contributed by atoms with van der Waals surface area (Å²) >= 11 is 0. The Bertz CT molecular complexity index is 2410. The Hall–Kier alpha value is -5.66. The molecule has 2 aliphatic rings. The highest BCUT2D eigenvalue weighted by Gasteiger charge is 2.50. The topological polar surface area (TPSA) is 236 Å². The van der Waals surface area contributed by atoms with Crippen molar-refractivity contribution in [2.24, 2.45) is 28.8 Å². The van der Waals surface area contributed by atoms with Crippen LogP contribution in [0.25, 0.3) is 0 Å². The van der Waals surface area contributed by atoms with Gasteiger partial charge in [-0.25, -0.2) is 8.42 Å². The number of oxime groups is 1. The summed E-state index contributed by atoms with van der Waals surface area (Å²) in [5, 5.41) is 9.96. The van der Waals surface area contributed by atoms with Crippen LogP contribution >= 0.6 is 0 Å². The number of epoxide rings is 1. The molecule has 0 spiro atoms. The van der Waals surface area contributed by atoms with Crippen molar-refractivity contribution >= 4 is 51.5 Å². The third-order valence-electron chi connectivity index (χ3n) is 12.5. The van der Waals surface area contributed by atoms with Crippen LogP contribution in [-0.4, -0.2) is 129 Å². The molecule has 2 amide bonds. The van der Waals surface area contributed by atoms with Crippen molar-refractivity contribution in [2.75, 3.05) is 52.8 Å². The number of Topliss-reactive ketones (excluding diaryl/α,β-unsaturated/α-hetero) is 3. The number of rotatable bonds is 27. The molecule has 2 fully saturated rings. The summed E-state index contributed by atoms with van der Waals surface area (Å²) in [6.07, 6.45) is 3.82. The van der Waals surface area contributed by atoms with Gasteiger partial charge in [0.15, 0.2) is 17.3 Å². The number of quaternary nitrogens is 1. The Morgan fingerprint density at radius 2 is 1.38 bits per heavy atom. The van der Waals surface area contributed by atoms with Gasteiger partial charge in [-0.05, 0) is 80.2 Å². The maximum Gasteiger partial charge on any atom is 0.308 e. The minimum Gasteiger partial charge on any atom is -0.748 e. The van der Waals surface area contributed by atoms with Crippen LogP contribution in [0.3, 0.4) is 0 Å². The van der Waals surface area contributed by atoms with Gasteiger partial charge in [-0.3, -0.25) is 28.8 Å². The number of benzene rings is 3. The van der Waals surface area contributed by atoms with E-state index in [9.17, 15) is 28.8 Å². The second kappa shape index (κ2) is 28.0. The molecule has 0 radical (unpaired) electrons. The van der Waals surface area contributed by atoms with E-state index in [1.54, 1.807) is 13.0 Å². The SMILES string of the molecule is CO/N=C/c1cc(C[N+]2(CC(=O)C[C@@H](CCc3ccccc3)C(=O)N[C@@H](CC(C)C)C(=O)C[C@@H](Cc3ccccc3)C(=O)N[C@@H](CC(C)C)C(=O)[C@@]3(C)CO3)CCOCC2)ccc1OC(C)=O.CS(=O)(=O)[O-]. The lowest BCUT2D eigenvalue weighted by atomic mass is 9.87. The van der Waals surface area contributed by atoms with E-state index in [1.165, 1.54) is 20.2 Å². The maximum absolute atomic E-state index is 14.6. The average Bonchev–Trinajstić information content (AvgIpc) is 4.07. The monoisotopic (exact) mass is 1020 g/mol. The zero-order chi connectivity index (χ0) is 53.1. The number of aryl methyl sites for hydroxylation is 1. The van der Waals surface area contributed by atoms with E-state index in [-0.39, 0.29) is 60.9 Å². The van der Waals surface area contributed by atoms with Gasteiger partial charge in [0.1, 0.15) is 44.6 Å². The first-order valence-electron chi connectivity index (χ1n) is 24.6. The van der Waals surface area contributed by atoms with Crippen LogP contribution in [0.4, 0.5) is 0 Å². The van der Waals surface area contributed by atoms with E-state index in [1.807, 2.05) is 100 Å². The number of amides is 2. The molecular weight excluding hydrogens is 945 g/mol. The third-order valence-corrected chi connectivity index (χ3v) is 12.5. The van der Waals surface area contributed by atoms with Gasteiger partial charge in [-0.15, -0.1) is 0 Å². The van der Waals surface area contributed by atoms with Crippen LogP contribution in [-0.2, 0) is 72.6 Å². The van der Waals surface area contributed by atoms with Gasteiger partial charge in [-0.1, -0.05) is 93.5 Å². The second-order valence-electron chi connectivity index (χ2n) is 20.1. The number of ether oxygens (including phenoxy) is 3. The van der Waals surface area contributed by atoms with Crippen LogP contribution < -0.4 is 15.4 Å². The van der Waals surface area contributed by atoms with Crippen molar-refractivity contribution in [1.82, 2.24) is 10.6 Å². The van der Waals surface area contributed by atoms with Crippen molar-refractivity contribution in [3.05, 3.63) is 101 Å². The Morgan fingerprint density at radius 1 is 0.819 bits per heavy atom. The summed E-state index contributed by atoms with van der Waals surface area (Å²) in [6, 6.07) is 23.0. The first kappa shape index (κ1) is 58.9. The fraction of sp³-hybridized carbons (Fsp3) is 0.537. The Balaban J connectivity index is 0.00000214. The first-order valence-corrected chi connectivity index (χ1v) is 26.4. The largest absolute Gasteiger partial charge is 0.748 e. The van der Waals surface area contributed by atoms with Crippen LogP contribution in [0.2, 0.25) is 0 Å². The third kappa shape index (κ3) is 20.8. The summed E-state index contributed by atoms with van der Waals surface area (Å²) in [6.45, 7) is 14.0. The summed E-state index contributed by atoms with van der Waals surface area (Å²) in [5.74, 6) is -2.91. The molecule has 0 saturated carbocycles. The van der Waals surface area contributed by atoms with Gasteiger partial charge in [0.2, 0.25) is 11.8 Å². The Kier molecular flexibility index (Phi) is 22.9. The van der Waals surface area contributed by atoms with E-state index >= 15 is 0 Å². The zero-order valence-electron chi connectivity index (χ0n) is 43.1. The van der Waals surface area contributed by atoms with Gasteiger partial charge in [0.05, 0.1) is 48.2 Å². The first-order chi connectivity index (χ1) is 34.0. The van der Waals surface area contributed by atoms with Gasteiger partial charge >= 0.3 is 5.97 Å². The van der Waals surface area contributed by atoms with E-state index in [4.69, 9.17) is 32.0 Å². The molecule has 2 N–H and O–H groups in total. The van der Waals surface area contributed by atoms with Crippen LogP contribution in [0.1, 0.15) is 95.9 Å². The lowest BCUT2D eigenvalue weighted by Crippen LogP contribution is -2.57. The highest BCUT2D eigenvalue weighted by Crippen LogP contribution is 2.31. The van der Waals surface area contributed by atoms with Gasteiger partial charge in [0, 0.05) is 49.0 Å². The molecular formula is C54H74N4O13S. The van der Waals surface area contributed by atoms with E-state index in [2.05, 4.69) is 15.8 Å². The molecule has 5 rings (SSSR count). The molecule has 2 aliphatic heterocycles. The van der Waals surface area contributed by atoms with Crippen LogP contribution in [0.5, 0.6) is 5.75 Å². The maximum atomic E-state index is 14.6. The molecule has 18 heteroatoms. The summed E-state index contributed by atoms with van der Waals surface area (Å²) < 4.78 is 44.3. The van der Waals surface area contributed by atoms with Crippen molar-refractivity contribution in [3.63, 3.8) is 0 Å². The number of morpholine rings is 1. The molecule has 72 heavy (non-hydrogen) atoms. The van der Waals surface area contributed by atoms with E-state index in [0.717, 1.165) is 16.7 Å². The van der Waals surface area contributed by atoms with Crippen molar-refractivity contribution in [3.8, 4) is 5.75 Å².